The Kier molecular flexibility index (Phi) is 9.04. The third-order valence-electron chi connectivity index (χ3n) is 3.00. The monoisotopic (exact) mass is 318 g/mol. The number of rotatable bonds is 10. The first-order valence-corrected chi connectivity index (χ1v) is 8.40. The number of nitrogens with one attached hydrogen (secondary N) is 1. The van der Waals surface area contributed by atoms with Gasteiger partial charge in [-0.25, -0.2) is 0 Å². The van der Waals surface area contributed by atoms with Gasteiger partial charge in [-0.15, -0.1) is 6.58 Å². The molecule has 1 aromatic rings. The van der Waals surface area contributed by atoms with E-state index in [4.69, 9.17) is 10.00 Å². The number of carbonyl (C=O) groups excluding carboxylic acids is 1. The van der Waals surface area contributed by atoms with Crippen LogP contribution in [0.15, 0.2) is 36.9 Å². The van der Waals surface area contributed by atoms with Crippen molar-refractivity contribution in [1.29, 1.82) is 5.26 Å². The highest BCUT2D eigenvalue weighted by molar-refractivity contribution is 7.98. The fourth-order valence-corrected chi connectivity index (χ4v) is 2.59. The summed E-state index contributed by atoms with van der Waals surface area (Å²) in [6, 6.07) is 9.76. The van der Waals surface area contributed by atoms with E-state index >= 15 is 0 Å². The molecule has 4 nitrogen and oxygen atoms in total. The molecular formula is C17H22N2O2S. The average molecular weight is 318 g/mol. The van der Waals surface area contributed by atoms with Gasteiger partial charge >= 0.3 is 0 Å². The number of nitrogens with zero attached hydrogens (tertiary/aromatic N) is 1. The van der Waals surface area contributed by atoms with Crippen molar-refractivity contribution in [1.82, 2.24) is 5.32 Å². The van der Waals surface area contributed by atoms with Crippen molar-refractivity contribution in [2.24, 2.45) is 0 Å². The van der Waals surface area contributed by atoms with E-state index in [0.717, 1.165) is 23.5 Å². The molecule has 1 amide bonds. The SMILES string of the molecule is C=CCCO[C@H](C)C(=O)NCCSCc1ccccc1C#N. The maximum atomic E-state index is 11.8. The number of hydrogen-bond donors (Lipinski definition) is 1. The third-order valence-corrected chi connectivity index (χ3v) is 4.01. The predicted molar refractivity (Wildman–Crippen MR) is 90.6 cm³/mol. The van der Waals surface area contributed by atoms with E-state index in [1.54, 1.807) is 24.8 Å². The number of hydrogen-bond acceptors (Lipinski definition) is 4. The molecule has 0 bridgehead atoms. The molecule has 1 rings (SSSR count). The topological polar surface area (TPSA) is 62.1 Å². The van der Waals surface area contributed by atoms with Crippen LogP contribution in [0.4, 0.5) is 0 Å². The quantitative estimate of drug-likeness (QED) is 0.532. The summed E-state index contributed by atoms with van der Waals surface area (Å²) in [4.78, 5) is 11.8. The van der Waals surface area contributed by atoms with Crippen LogP contribution in [-0.4, -0.2) is 30.9 Å². The molecule has 22 heavy (non-hydrogen) atoms. The summed E-state index contributed by atoms with van der Waals surface area (Å²) in [5.41, 5.74) is 1.74. The van der Waals surface area contributed by atoms with Crippen molar-refractivity contribution in [2.45, 2.75) is 25.2 Å². The number of thioether (sulfide) groups is 1. The van der Waals surface area contributed by atoms with Crippen LogP contribution < -0.4 is 5.32 Å². The highest BCUT2D eigenvalue weighted by Crippen LogP contribution is 2.15. The Morgan fingerprint density at radius 3 is 3.05 bits per heavy atom. The van der Waals surface area contributed by atoms with E-state index in [-0.39, 0.29) is 5.91 Å². The summed E-state index contributed by atoms with van der Waals surface area (Å²) >= 11 is 1.69. The van der Waals surface area contributed by atoms with E-state index in [9.17, 15) is 4.79 Å². The molecule has 0 aliphatic carbocycles. The van der Waals surface area contributed by atoms with Gasteiger partial charge in [0.2, 0.25) is 5.91 Å². The van der Waals surface area contributed by atoms with Crippen molar-refractivity contribution in [3.63, 3.8) is 0 Å². The molecule has 1 atom stereocenters. The summed E-state index contributed by atoms with van der Waals surface area (Å²) in [5.74, 6) is 1.47. The van der Waals surface area contributed by atoms with Crippen molar-refractivity contribution >= 4 is 17.7 Å². The minimum atomic E-state index is -0.440. The normalized spacial score (nSPS) is 11.5. The standard InChI is InChI=1S/C17H22N2O2S/c1-3-4-10-21-14(2)17(20)19-9-11-22-13-16-8-6-5-7-15(16)12-18/h3,5-8,14H,1,4,9-11,13H2,2H3,(H,19,20)/t14-/m1/s1. The lowest BCUT2D eigenvalue weighted by atomic mass is 10.1. The molecule has 0 aromatic heterocycles. The summed E-state index contributed by atoms with van der Waals surface area (Å²) in [6.07, 6.45) is 2.07. The molecule has 0 spiro atoms. The van der Waals surface area contributed by atoms with Crippen LogP contribution in [0.1, 0.15) is 24.5 Å². The zero-order valence-electron chi connectivity index (χ0n) is 12.9. The third kappa shape index (κ3) is 6.79. The highest BCUT2D eigenvalue weighted by atomic mass is 32.2. The first-order valence-electron chi connectivity index (χ1n) is 7.25. The molecule has 0 unspecified atom stereocenters. The van der Waals surface area contributed by atoms with Gasteiger partial charge in [-0.3, -0.25) is 4.79 Å². The van der Waals surface area contributed by atoms with E-state index in [2.05, 4.69) is 18.0 Å². The first kappa shape index (κ1) is 18.3. The molecule has 5 heteroatoms. The molecule has 118 valence electrons. The van der Waals surface area contributed by atoms with Gasteiger partial charge in [-0.1, -0.05) is 24.3 Å². The Bertz CT molecular complexity index is 526. The Morgan fingerprint density at radius 2 is 2.32 bits per heavy atom. The van der Waals surface area contributed by atoms with Gasteiger partial charge in [-0.05, 0) is 25.0 Å². The van der Waals surface area contributed by atoms with Crippen LogP contribution in [0, 0.1) is 11.3 Å². The van der Waals surface area contributed by atoms with Crippen LogP contribution in [0.5, 0.6) is 0 Å². The Morgan fingerprint density at radius 1 is 1.55 bits per heavy atom. The zero-order chi connectivity index (χ0) is 16.2. The van der Waals surface area contributed by atoms with E-state index < -0.39 is 6.10 Å². The van der Waals surface area contributed by atoms with E-state index in [1.165, 1.54) is 0 Å². The van der Waals surface area contributed by atoms with Gasteiger partial charge in [0.05, 0.1) is 18.2 Å². The zero-order valence-corrected chi connectivity index (χ0v) is 13.7. The van der Waals surface area contributed by atoms with Crippen molar-refractivity contribution in [3.05, 3.63) is 48.0 Å². The van der Waals surface area contributed by atoms with Crippen molar-refractivity contribution < 1.29 is 9.53 Å². The predicted octanol–water partition coefficient (Wildman–Crippen LogP) is 2.89. The number of ether oxygens (including phenoxy) is 1. The molecule has 0 aliphatic heterocycles. The smallest absolute Gasteiger partial charge is 0.248 e. The Labute approximate surface area is 136 Å². The van der Waals surface area contributed by atoms with Gasteiger partial charge in [0.25, 0.3) is 0 Å². The summed E-state index contributed by atoms with van der Waals surface area (Å²) in [7, 11) is 0. The Hall–Kier alpha value is -1.77. The second-order valence-corrected chi connectivity index (χ2v) is 5.81. The van der Waals surface area contributed by atoms with Gasteiger partial charge in [0.15, 0.2) is 0 Å². The molecule has 1 aromatic carbocycles. The maximum absolute atomic E-state index is 11.8. The average Bonchev–Trinajstić information content (AvgIpc) is 2.54. The number of carbonyl (C=O) groups is 1. The number of nitriles is 1. The lowest BCUT2D eigenvalue weighted by Gasteiger charge is -2.12. The van der Waals surface area contributed by atoms with Gasteiger partial charge in [0.1, 0.15) is 6.10 Å². The van der Waals surface area contributed by atoms with Crippen LogP contribution in [0.3, 0.4) is 0 Å². The van der Waals surface area contributed by atoms with Crippen LogP contribution in [-0.2, 0) is 15.3 Å². The summed E-state index contributed by atoms with van der Waals surface area (Å²) < 4.78 is 5.37. The van der Waals surface area contributed by atoms with Crippen molar-refractivity contribution in [3.8, 4) is 6.07 Å². The van der Waals surface area contributed by atoms with Crippen LogP contribution >= 0.6 is 11.8 Å². The molecule has 0 saturated heterocycles. The lowest BCUT2D eigenvalue weighted by Crippen LogP contribution is -2.35. The first-order chi connectivity index (χ1) is 10.7. The van der Waals surface area contributed by atoms with E-state index in [1.807, 2.05) is 24.3 Å². The minimum Gasteiger partial charge on any atom is -0.368 e. The van der Waals surface area contributed by atoms with E-state index in [0.29, 0.717) is 18.7 Å². The number of benzene rings is 1. The lowest BCUT2D eigenvalue weighted by molar-refractivity contribution is -0.131. The molecule has 0 heterocycles. The molecule has 1 N–H and O–H groups in total. The second kappa shape index (κ2) is 10.9. The minimum absolute atomic E-state index is 0.0953. The largest absolute Gasteiger partial charge is 0.368 e. The fourth-order valence-electron chi connectivity index (χ4n) is 1.73. The molecule has 0 saturated carbocycles. The maximum Gasteiger partial charge on any atom is 0.248 e. The molecule has 0 radical (unpaired) electrons. The Balaban J connectivity index is 2.18. The highest BCUT2D eigenvalue weighted by Gasteiger charge is 2.11. The number of amides is 1. The molecule has 0 aliphatic rings. The van der Waals surface area contributed by atoms with Gasteiger partial charge in [-0.2, -0.15) is 17.0 Å². The molecular weight excluding hydrogens is 296 g/mol. The second-order valence-electron chi connectivity index (χ2n) is 4.70. The van der Waals surface area contributed by atoms with Gasteiger partial charge < -0.3 is 10.1 Å². The summed E-state index contributed by atoms with van der Waals surface area (Å²) in [6.45, 7) is 6.45. The molecule has 0 fully saturated rings. The fraction of sp³-hybridized carbons (Fsp3) is 0.412. The van der Waals surface area contributed by atoms with Crippen LogP contribution in [0.2, 0.25) is 0 Å². The van der Waals surface area contributed by atoms with Crippen LogP contribution in [0.25, 0.3) is 0 Å². The summed E-state index contributed by atoms with van der Waals surface area (Å²) in [5, 5.41) is 11.9. The van der Waals surface area contributed by atoms with Crippen molar-refractivity contribution in [2.75, 3.05) is 18.9 Å². The van der Waals surface area contributed by atoms with Gasteiger partial charge in [0, 0.05) is 18.1 Å².